The van der Waals surface area contributed by atoms with Gasteiger partial charge >= 0.3 is 0 Å². The second-order valence-corrected chi connectivity index (χ2v) is 5.97. The van der Waals surface area contributed by atoms with Gasteiger partial charge in [0.15, 0.2) is 0 Å². The zero-order valence-corrected chi connectivity index (χ0v) is 10.4. The molecule has 0 bridgehead atoms. The summed E-state index contributed by atoms with van der Waals surface area (Å²) in [6, 6.07) is 5.63. The number of benzene rings is 1. The molecule has 94 valence electrons. The Kier molecular flexibility index (Phi) is 3.46. The molecule has 1 saturated heterocycles. The van der Waals surface area contributed by atoms with Crippen molar-refractivity contribution in [1.82, 2.24) is 9.62 Å². The number of rotatable bonds is 3. The minimum absolute atomic E-state index is 0.150. The first-order chi connectivity index (χ1) is 8.05. The van der Waals surface area contributed by atoms with Crippen LogP contribution in [0, 0.1) is 5.82 Å². The van der Waals surface area contributed by atoms with Crippen molar-refractivity contribution in [1.29, 1.82) is 0 Å². The van der Waals surface area contributed by atoms with Gasteiger partial charge in [0.2, 0.25) is 10.0 Å². The van der Waals surface area contributed by atoms with Crippen molar-refractivity contribution < 1.29 is 12.8 Å². The van der Waals surface area contributed by atoms with Gasteiger partial charge in [0.25, 0.3) is 0 Å². The lowest BCUT2D eigenvalue weighted by Gasteiger charge is -2.16. The van der Waals surface area contributed by atoms with Crippen LogP contribution in [0.2, 0.25) is 0 Å². The quantitative estimate of drug-likeness (QED) is 0.873. The maximum absolute atomic E-state index is 13.5. The summed E-state index contributed by atoms with van der Waals surface area (Å²) in [6.07, 6.45) is 0.754. The lowest BCUT2D eigenvalue weighted by atomic mass is 10.3. The Labute approximate surface area is 100 Å². The van der Waals surface area contributed by atoms with Gasteiger partial charge in [0.1, 0.15) is 10.7 Å². The zero-order valence-electron chi connectivity index (χ0n) is 9.56. The van der Waals surface area contributed by atoms with E-state index in [1.54, 1.807) is 7.05 Å². The van der Waals surface area contributed by atoms with Gasteiger partial charge in [-0.25, -0.2) is 12.8 Å². The smallest absolute Gasteiger partial charge is 0.246 e. The number of halogens is 1. The van der Waals surface area contributed by atoms with Crippen LogP contribution >= 0.6 is 0 Å². The maximum atomic E-state index is 13.5. The van der Waals surface area contributed by atoms with E-state index in [-0.39, 0.29) is 10.9 Å². The molecular formula is C11H15FN2O2S. The minimum Gasteiger partial charge on any atom is -0.316 e. The van der Waals surface area contributed by atoms with E-state index in [4.69, 9.17) is 0 Å². The molecule has 1 aromatic rings. The summed E-state index contributed by atoms with van der Waals surface area (Å²) >= 11 is 0. The van der Waals surface area contributed by atoms with Gasteiger partial charge in [-0.15, -0.1) is 0 Å². The summed E-state index contributed by atoms with van der Waals surface area (Å²) in [7, 11) is -1.90. The average molecular weight is 258 g/mol. The molecule has 1 N–H and O–H groups in total. The van der Waals surface area contributed by atoms with E-state index in [1.165, 1.54) is 28.6 Å². The van der Waals surface area contributed by atoms with Gasteiger partial charge in [0.05, 0.1) is 0 Å². The van der Waals surface area contributed by atoms with E-state index in [0.29, 0.717) is 13.1 Å². The van der Waals surface area contributed by atoms with Gasteiger partial charge in [-0.05, 0) is 25.6 Å². The van der Waals surface area contributed by atoms with E-state index in [0.717, 1.165) is 6.42 Å². The molecule has 1 unspecified atom stereocenters. The fourth-order valence-corrected chi connectivity index (χ4v) is 3.54. The van der Waals surface area contributed by atoms with Crippen LogP contribution in [-0.2, 0) is 10.0 Å². The molecule has 17 heavy (non-hydrogen) atoms. The normalized spacial score (nSPS) is 21.9. The summed E-state index contributed by atoms with van der Waals surface area (Å²) in [5.74, 6) is -0.694. The molecule has 1 aromatic carbocycles. The fraction of sp³-hybridized carbons (Fsp3) is 0.455. The molecule has 6 heteroatoms. The number of hydrogen-bond acceptors (Lipinski definition) is 3. The second-order valence-electron chi connectivity index (χ2n) is 4.07. The predicted octanol–water partition coefficient (Wildman–Crippen LogP) is 0.808. The highest BCUT2D eigenvalue weighted by Gasteiger charge is 2.33. The van der Waals surface area contributed by atoms with Crippen molar-refractivity contribution in [3.63, 3.8) is 0 Å². The van der Waals surface area contributed by atoms with Crippen molar-refractivity contribution in [2.24, 2.45) is 0 Å². The molecule has 0 spiro atoms. The van der Waals surface area contributed by atoms with Crippen molar-refractivity contribution >= 4 is 10.0 Å². The van der Waals surface area contributed by atoms with E-state index in [9.17, 15) is 12.8 Å². The van der Waals surface area contributed by atoms with Crippen LogP contribution in [0.25, 0.3) is 0 Å². The minimum atomic E-state index is -3.69. The van der Waals surface area contributed by atoms with Gasteiger partial charge in [-0.3, -0.25) is 0 Å². The largest absolute Gasteiger partial charge is 0.316 e. The molecule has 1 heterocycles. The standard InChI is InChI=1S/C11H15FN2O2S/c1-13-9-6-7-14(8-9)17(15,16)11-5-3-2-4-10(11)12/h2-5,9,13H,6-8H2,1H3. The van der Waals surface area contributed by atoms with Gasteiger partial charge in [0, 0.05) is 19.1 Å². The first-order valence-electron chi connectivity index (χ1n) is 5.47. The van der Waals surface area contributed by atoms with Crippen molar-refractivity contribution in [3.05, 3.63) is 30.1 Å². The van der Waals surface area contributed by atoms with Crippen molar-refractivity contribution in [3.8, 4) is 0 Å². The fourth-order valence-electron chi connectivity index (χ4n) is 1.98. The monoisotopic (exact) mass is 258 g/mol. The summed E-state index contributed by atoms with van der Waals surface area (Å²) in [4.78, 5) is -0.239. The molecule has 4 nitrogen and oxygen atoms in total. The van der Waals surface area contributed by atoms with E-state index in [1.807, 2.05) is 0 Å². The van der Waals surface area contributed by atoms with E-state index in [2.05, 4.69) is 5.32 Å². The molecule has 1 atom stereocenters. The lowest BCUT2D eigenvalue weighted by Crippen LogP contribution is -2.33. The van der Waals surface area contributed by atoms with E-state index < -0.39 is 15.8 Å². The third-order valence-corrected chi connectivity index (χ3v) is 4.91. The zero-order chi connectivity index (χ0) is 12.5. The highest BCUT2D eigenvalue weighted by molar-refractivity contribution is 7.89. The Morgan fingerprint density at radius 1 is 1.41 bits per heavy atom. The molecule has 0 saturated carbocycles. The molecule has 0 aromatic heterocycles. The summed E-state index contributed by atoms with van der Waals surface area (Å²) < 4.78 is 39.2. The first-order valence-corrected chi connectivity index (χ1v) is 6.91. The number of nitrogens with zero attached hydrogens (tertiary/aromatic N) is 1. The van der Waals surface area contributed by atoms with Crippen molar-refractivity contribution in [2.45, 2.75) is 17.4 Å². The Hall–Kier alpha value is -0.980. The van der Waals surface area contributed by atoms with E-state index >= 15 is 0 Å². The lowest BCUT2D eigenvalue weighted by molar-refractivity contribution is 0.458. The summed E-state index contributed by atoms with van der Waals surface area (Å²) in [6.45, 7) is 0.829. The highest BCUT2D eigenvalue weighted by Crippen LogP contribution is 2.22. The Morgan fingerprint density at radius 3 is 2.71 bits per heavy atom. The van der Waals surface area contributed by atoms with Crippen LogP contribution < -0.4 is 5.32 Å². The van der Waals surface area contributed by atoms with Gasteiger partial charge < -0.3 is 5.32 Å². The number of sulfonamides is 1. The maximum Gasteiger partial charge on any atom is 0.246 e. The van der Waals surface area contributed by atoms with Crippen LogP contribution in [-0.4, -0.2) is 38.9 Å². The molecule has 1 aliphatic heterocycles. The number of nitrogens with one attached hydrogen (secondary N) is 1. The van der Waals surface area contributed by atoms with Crippen LogP contribution in [0.3, 0.4) is 0 Å². The number of hydrogen-bond donors (Lipinski definition) is 1. The summed E-state index contributed by atoms with van der Waals surface area (Å²) in [5.41, 5.74) is 0. The molecule has 1 fully saturated rings. The molecule has 2 rings (SSSR count). The van der Waals surface area contributed by atoms with Gasteiger partial charge in [-0.1, -0.05) is 12.1 Å². The topological polar surface area (TPSA) is 49.4 Å². The van der Waals surface area contributed by atoms with Crippen molar-refractivity contribution in [2.75, 3.05) is 20.1 Å². The Bertz CT molecular complexity index is 504. The van der Waals surface area contributed by atoms with Crippen LogP contribution in [0.4, 0.5) is 4.39 Å². The molecule has 0 radical (unpaired) electrons. The van der Waals surface area contributed by atoms with Gasteiger partial charge in [-0.2, -0.15) is 4.31 Å². The molecule has 0 amide bonds. The van der Waals surface area contributed by atoms with Crippen LogP contribution in [0.1, 0.15) is 6.42 Å². The molecular weight excluding hydrogens is 243 g/mol. The highest BCUT2D eigenvalue weighted by atomic mass is 32.2. The first kappa shape index (κ1) is 12.5. The number of likely N-dealkylation sites (N-methyl/N-ethyl adjacent to an activating group) is 1. The Morgan fingerprint density at radius 2 is 2.12 bits per heavy atom. The van der Waals surface area contributed by atoms with Crippen LogP contribution in [0.15, 0.2) is 29.2 Å². The van der Waals surface area contributed by atoms with Crippen LogP contribution in [0.5, 0.6) is 0 Å². The SMILES string of the molecule is CNC1CCN(S(=O)(=O)c2ccccc2F)C1. The average Bonchev–Trinajstić information content (AvgIpc) is 2.78. The Balaban J connectivity index is 2.29. The summed E-state index contributed by atoms with van der Waals surface area (Å²) in [5, 5.41) is 3.03. The third-order valence-electron chi connectivity index (χ3n) is 3.01. The molecule has 0 aliphatic carbocycles. The molecule has 1 aliphatic rings. The predicted molar refractivity (Wildman–Crippen MR) is 62.6 cm³/mol. The third kappa shape index (κ3) is 2.34. The second kappa shape index (κ2) is 4.72.